The summed E-state index contributed by atoms with van der Waals surface area (Å²) in [6, 6.07) is 14.1. The first-order chi connectivity index (χ1) is 12.4. The van der Waals surface area contributed by atoms with Crippen LogP contribution in [0.4, 0.5) is 14.5 Å². The number of amides is 1. The summed E-state index contributed by atoms with van der Waals surface area (Å²) in [5, 5.41) is 2.62. The fraction of sp³-hybridized carbons (Fsp3) is 0.105. The van der Waals surface area contributed by atoms with Crippen LogP contribution in [0.25, 0.3) is 0 Å². The highest BCUT2D eigenvalue weighted by Gasteiger charge is 2.26. The third kappa shape index (κ3) is 4.38. The number of nitrogens with zero attached hydrogens (tertiary/aromatic N) is 2. The van der Waals surface area contributed by atoms with Gasteiger partial charge in [0.2, 0.25) is 0 Å². The predicted octanol–water partition coefficient (Wildman–Crippen LogP) is 4.63. The summed E-state index contributed by atoms with van der Waals surface area (Å²) in [5.41, 5.74) is -0.103. The van der Waals surface area contributed by atoms with Crippen molar-refractivity contribution in [2.24, 2.45) is 0 Å². The van der Waals surface area contributed by atoms with Gasteiger partial charge in [0, 0.05) is 24.9 Å². The van der Waals surface area contributed by atoms with Crippen LogP contribution in [0, 0.1) is 0 Å². The Morgan fingerprint density at radius 2 is 1.85 bits per heavy atom. The zero-order valence-electron chi connectivity index (χ0n) is 13.8. The molecule has 1 amide bonds. The normalized spacial score (nSPS) is 11.0. The van der Waals surface area contributed by atoms with E-state index in [1.807, 2.05) is 0 Å². The highest BCUT2D eigenvalue weighted by Crippen LogP contribution is 2.26. The number of aromatic nitrogens is 2. The molecule has 0 spiro atoms. The standard InChI is InChI=1S/C19H15F2N3O2/c1-19(20,21)17-9-3-8-16(24-17)18(25)23-13-5-2-6-14(11-13)26-15-7-4-10-22-12-15/h2-12H,1H3,(H,23,25). The predicted molar refractivity (Wildman–Crippen MR) is 92.5 cm³/mol. The first kappa shape index (κ1) is 17.5. The molecule has 7 heteroatoms. The lowest BCUT2D eigenvalue weighted by Gasteiger charge is -2.11. The lowest BCUT2D eigenvalue weighted by atomic mass is 10.2. The Labute approximate surface area is 148 Å². The van der Waals surface area contributed by atoms with E-state index >= 15 is 0 Å². The zero-order valence-corrected chi connectivity index (χ0v) is 13.8. The number of hydrogen-bond acceptors (Lipinski definition) is 4. The van der Waals surface area contributed by atoms with E-state index in [0.29, 0.717) is 17.2 Å². The molecule has 0 aliphatic heterocycles. The molecule has 0 aliphatic carbocycles. The van der Waals surface area contributed by atoms with Crippen LogP contribution in [0.15, 0.2) is 67.0 Å². The first-order valence-electron chi connectivity index (χ1n) is 7.76. The highest BCUT2D eigenvalue weighted by atomic mass is 19.3. The van der Waals surface area contributed by atoms with Gasteiger partial charge in [0.15, 0.2) is 0 Å². The summed E-state index contributed by atoms with van der Waals surface area (Å²) in [6.45, 7) is 0.732. The van der Waals surface area contributed by atoms with E-state index in [1.165, 1.54) is 18.2 Å². The molecule has 2 aromatic heterocycles. The minimum atomic E-state index is -3.12. The van der Waals surface area contributed by atoms with Crippen molar-refractivity contribution in [1.82, 2.24) is 9.97 Å². The number of pyridine rings is 2. The van der Waals surface area contributed by atoms with Crippen molar-refractivity contribution in [3.05, 3.63) is 78.4 Å². The topological polar surface area (TPSA) is 64.1 Å². The Morgan fingerprint density at radius 1 is 1.08 bits per heavy atom. The second-order valence-corrected chi connectivity index (χ2v) is 5.57. The number of rotatable bonds is 5. The summed E-state index contributed by atoms with van der Waals surface area (Å²) in [5.74, 6) is -2.66. The Hall–Kier alpha value is -3.35. The molecular formula is C19H15F2N3O2. The molecule has 3 rings (SSSR count). The van der Waals surface area contributed by atoms with Crippen LogP contribution < -0.4 is 10.1 Å². The van der Waals surface area contributed by atoms with Gasteiger partial charge in [-0.2, -0.15) is 8.78 Å². The number of benzene rings is 1. The monoisotopic (exact) mass is 355 g/mol. The maximum absolute atomic E-state index is 13.4. The average molecular weight is 355 g/mol. The number of carbonyl (C=O) groups is 1. The third-order valence-corrected chi connectivity index (χ3v) is 3.39. The van der Waals surface area contributed by atoms with Crippen molar-refractivity contribution in [1.29, 1.82) is 0 Å². The summed E-state index contributed by atoms with van der Waals surface area (Å²) in [7, 11) is 0. The smallest absolute Gasteiger partial charge is 0.287 e. The third-order valence-electron chi connectivity index (χ3n) is 3.39. The van der Waals surface area contributed by atoms with E-state index in [-0.39, 0.29) is 5.69 Å². The van der Waals surface area contributed by atoms with Gasteiger partial charge in [0.1, 0.15) is 22.9 Å². The van der Waals surface area contributed by atoms with Gasteiger partial charge < -0.3 is 10.1 Å². The van der Waals surface area contributed by atoms with Crippen LogP contribution in [0.3, 0.4) is 0 Å². The fourth-order valence-electron chi connectivity index (χ4n) is 2.18. The van der Waals surface area contributed by atoms with E-state index in [2.05, 4.69) is 15.3 Å². The maximum atomic E-state index is 13.4. The van der Waals surface area contributed by atoms with Crippen LogP contribution in [-0.4, -0.2) is 15.9 Å². The molecule has 0 saturated heterocycles. The van der Waals surface area contributed by atoms with Crippen molar-refractivity contribution in [2.45, 2.75) is 12.8 Å². The van der Waals surface area contributed by atoms with Gasteiger partial charge in [-0.25, -0.2) is 4.98 Å². The second-order valence-electron chi connectivity index (χ2n) is 5.57. The molecular weight excluding hydrogens is 340 g/mol. The van der Waals surface area contributed by atoms with E-state index in [1.54, 1.807) is 48.8 Å². The van der Waals surface area contributed by atoms with Crippen molar-refractivity contribution < 1.29 is 18.3 Å². The molecule has 5 nitrogen and oxygen atoms in total. The summed E-state index contributed by atoms with van der Waals surface area (Å²) >= 11 is 0. The van der Waals surface area contributed by atoms with Crippen molar-refractivity contribution in [3.63, 3.8) is 0 Å². The summed E-state index contributed by atoms with van der Waals surface area (Å²) in [4.78, 5) is 20.0. The van der Waals surface area contributed by atoms with Crippen LogP contribution in [-0.2, 0) is 5.92 Å². The summed E-state index contributed by atoms with van der Waals surface area (Å²) in [6.07, 6.45) is 3.19. The first-order valence-corrected chi connectivity index (χ1v) is 7.76. The summed E-state index contributed by atoms with van der Waals surface area (Å²) < 4.78 is 32.4. The highest BCUT2D eigenvalue weighted by molar-refractivity contribution is 6.02. The zero-order chi connectivity index (χ0) is 18.6. The lowest BCUT2D eigenvalue weighted by Crippen LogP contribution is -2.17. The van der Waals surface area contributed by atoms with Gasteiger partial charge in [-0.1, -0.05) is 12.1 Å². The minimum Gasteiger partial charge on any atom is -0.456 e. The van der Waals surface area contributed by atoms with E-state index in [4.69, 9.17) is 4.74 Å². The van der Waals surface area contributed by atoms with Gasteiger partial charge in [0.05, 0.1) is 6.20 Å². The van der Waals surface area contributed by atoms with E-state index in [9.17, 15) is 13.6 Å². The van der Waals surface area contributed by atoms with Crippen LogP contribution in [0.5, 0.6) is 11.5 Å². The van der Waals surface area contributed by atoms with Crippen molar-refractivity contribution in [3.8, 4) is 11.5 Å². The molecule has 0 fully saturated rings. The molecule has 26 heavy (non-hydrogen) atoms. The maximum Gasteiger partial charge on any atom is 0.287 e. The van der Waals surface area contributed by atoms with Crippen molar-refractivity contribution in [2.75, 3.05) is 5.32 Å². The Morgan fingerprint density at radius 3 is 2.58 bits per heavy atom. The number of alkyl halides is 2. The molecule has 0 radical (unpaired) electrons. The number of carbonyl (C=O) groups excluding carboxylic acids is 1. The quantitative estimate of drug-likeness (QED) is 0.725. The Balaban J connectivity index is 1.75. The van der Waals surface area contributed by atoms with Gasteiger partial charge >= 0.3 is 0 Å². The molecule has 2 heterocycles. The molecule has 1 aromatic carbocycles. The number of nitrogens with one attached hydrogen (secondary N) is 1. The van der Waals surface area contributed by atoms with Gasteiger partial charge in [-0.3, -0.25) is 9.78 Å². The number of hydrogen-bond donors (Lipinski definition) is 1. The Kier molecular flexibility index (Phi) is 4.88. The minimum absolute atomic E-state index is 0.0948. The van der Waals surface area contributed by atoms with Gasteiger partial charge in [-0.05, 0) is 36.4 Å². The SMILES string of the molecule is CC(F)(F)c1cccc(C(=O)Nc2cccc(Oc3cccnc3)c2)n1. The number of halogens is 2. The molecule has 0 aliphatic rings. The number of anilines is 1. The molecule has 132 valence electrons. The molecule has 0 unspecified atom stereocenters. The lowest BCUT2D eigenvalue weighted by molar-refractivity contribution is 0.0126. The second kappa shape index (κ2) is 7.26. The average Bonchev–Trinajstić information content (AvgIpc) is 2.62. The Bertz CT molecular complexity index is 912. The van der Waals surface area contributed by atoms with Crippen LogP contribution >= 0.6 is 0 Å². The molecule has 3 aromatic rings. The largest absolute Gasteiger partial charge is 0.456 e. The van der Waals surface area contributed by atoms with Crippen LogP contribution in [0.1, 0.15) is 23.1 Å². The van der Waals surface area contributed by atoms with Crippen molar-refractivity contribution >= 4 is 11.6 Å². The van der Waals surface area contributed by atoms with Crippen LogP contribution in [0.2, 0.25) is 0 Å². The van der Waals surface area contributed by atoms with Gasteiger partial charge in [-0.15, -0.1) is 0 Å². The van der Waals surface area contributed by atoms with Gasteiger partial charge in [0.25, 0.3) is 11.8 Å². The molecule has 0 atom stereocenters. The molecule has 1 N–H and O–H groups in total. The fourth-order valence-corrected chi connectivity index (χ4v) is 2.18. The molecule has 0 bridgehead atoms. The van der Waals surface area contributed by atoms with E-state index in [0.717, 1.165) is 6.92 Å². The van der Waals surface area contributed by atoms with E-state index < -0.39 is 17.5 Å². The molecule has 0 saturated carbocycles. The number of ether oxygens (including phenoxy) is 1.